The Labute approximate surface area is 74.8 Å². The molecule has 2 heterocycles. The molecule has 1 aromatic heterocycles. The molecular formula is C10H9N3. The number of para-hydroxylation sites is 1. The van der Waals surface area contributed by atoms with E-state index < -0.39 is 0 Å². The zero-order valence-electron chi connectivity index (χ0n) is 7.04. The van der Waals surface area contributed by atoms with Crippen LogP contribution in [0.4, 0.5) is 0 Å². The molecule has 3 nitrogen and oxygen atoms in total. The molecule has 0 atom stereocenters. The van der Waals surface area contributed by atoms with Crippen molar-refractivity contribution in [2.75, 3.05) is 6.67 Å². The lowest BCUT2D eigenvalue weighted by molar-refractivity contribution is 0.855. The molecule has 1 aromatic carbocycles. The summed E-state index contributed by atoms with van der Waals surface area (Å²) in [6, 6.07) is 8.23. The Morgan fingerprint density at radius 3 is 3.15 bits per heavy atom. The van der Waals surface area contributed by atoms with Crippen LogP contribution in [0.3, 0.4) is 0 Å². The molecule has 0 spiro atoms. The van der Waals surface area contributed by atoms with E-state index in [1.807, 2.05) is 18.3 Å². The molecule has 0 bridgehead atoms. The van der Waals surface area contributed by atoms with Gasteiger partial charge in [-0.25, -0.2) is 4.99 Å². The normalized spacial score (nSPS) is 14.2. The largest absolute Gasteiger partial charge is 0.372 e. The van der Waals surface area contributed by atoms with Crippen molar-refractivity contribution in [1.29, 1.82) is 0 Å². The molecule has 0 fully saturated rings. The first kappa shape index (κ1) is 6.71. The van der Waals surface area contributed by atoms with Crippen molar-refractivity contribution in [3.63, 3.8) is 0 Å². The number of aromatic amines is 1. The van der Waals surface area contributed by atoms with Crippen LogP contribution in [0.25, 0.3) is 17.1 Å². The Morgan fingerprint density at radius 1 is 1.23 bits per heavy atom. The van der Waals surface area contributed by atoms with Crippen molar-refractivity contribution in [2.24, 2.45) is 4.99 Å². The Bertz CT molecular complexity index is 565. The molecule has 2 aromatic rings. The van der Waals surface area contributed by atoms with Crippen LogP contribution in [0.5, 0.6) is 0 Å². The number of nitrogens with zero attached hydrogens (tertiary/aromatic N) is 1. The zero-order valence-corrected chi connectivity index (χ0v) is 7.04. The van der Waals surface area contributed by atoms with Gasteiger partial charge in [-0.2, -0.15) is 0 Å². The SMILES string of the molecule is C1=c2c([nH]c3ccccc23)=NCN1. The zero-order chi connectivity index (χ0) is 8.67. The van der Waals surface area contributed by atoms with E-state index in [1.54, 1.807) is 0 Å². The van der Waals surface area contributed by atoms with Gasteiger partial charge < -0.3 is 10.3 Å². The summed E-state index contributed by atoms with van der Waals surface area (Å²) in [5, 5.41) is 5.51. The van der Waals surface area contributed by atoms with Crippen molar-refractivity contribution in [3.05, 3.63) is 35.0 Å². The molecule has 0 aliphatic carbocycles. The van der Waals surface area contributed by atoms with Gasteiger partial charge in [-0.15, -0.1) is 0 Å². The minimum Gasteiger partial charge on any atom is -0.372 e. The van der Waals surface area contributed by atoms with Gasteiger partial charge in [0.2, 0.25) is 0 Å². The summed E-state index contributed by atoms with van der Waals surface area (Å²) in [4.78, 5) is 7.61. The van der Waals surface area contributed by atoms with E-state index in [-0.39, 0.29) is 0 Å². The standard InChI is InChI=1S/C10H9N3/c1-2-4-9-7(3-1)8-5-11-6-12-10(8)13-9/h1-5,11H,6H2,(H,12,13). The second kappa shape index (κ2) is 2.36. The number of benzene rings is 1. The predicted octanol–water partition coefficient (Wildman–Crippen LogP) is 0.0862. The number of aromatic nitrogens is 1. The number of rotatable bonds is 0. The Hall–Kier alpha value is -1.77. The molecule has 64 valence electrons. The molecule has 1 aliphatic heterocycles. The maximum absolute atomic E-state index is 4.33. The van der Waals surface area contributed by atoms with Crippen molar-refractivity contribution in [2.45, 2.75) is 0 Å². The summed E-state index contributed by atoms with van der Waals surface area (Å²) in [7, 11) is 0. The van der Waals surface area contributed by atoms with E-state index in [9.17, 15) is 0 Å². The third-order valence-electron chi connectivity index (χ3n) is 2.30. The number of nitrogens with one attached hydrogen (secondary N) is 2. The van der Waals surface area contributed by atoms with Gasteiger partial charge in [-0.1, -0.05) is 18.2 Å². The third kappa shape index (κ3) is 0.869. The summed E-state index contributed by atoms with van der Waals surface area (Å²) >= 11 is 0. The van der Waals surface area contributed by atoms with Crippen molar-refractivity contribution < 1.29 is 0 Å². The van der Waals surface area contributed by atoms with Crippen LogP contribution in [-0.4, -0.2) is 11.7 Å². The van der Waals surface area contributed by atoms with E-state index in [2.05, 4.69) is 27.4 Å². The maximum atomic E-state index is 4.33. The van der Waals surface area contributed by atoms with Gasteiger partial charge in [-0.3, -0.25) is 0 Å². The van der Waals surface area contributed by atoms with Gasteiger partial charge in [-0.05, 0) is 6.07 Å². The Kier molecular flexibility index (Phi) is 1.22. The van der Waals surface area contributed by atoms with Crippen LogP contribution >= 0.6 is 0 Å². The summed E-state index contributed by atoms with van der Waals surface area (Å²) in [6.07, 6.45) is 2.02. The van der Waals surface area contributed by atoms with Crippen LogP contribution in [-0.2, 0) is 0 Å². The molecule has 1 aliphatic rings. The number of fused-ring (bicyclic) bond motifs is 3. The quantitative estimate of drug-likeness (QED) is 0.579. The third-order valence-corrected chi connectivity index (χ3v) is 2.30. The lowest BCUT2D eigenvalue weighted by Crippen LogP contribution is -2.32. The monoisotopic (exact) mass is 171 g/mol. The maximum Gasteiger partial charge on any atom is 0.136 e. The van der Waals surface area contributed by atoms with Crippen LogP contribution in [0.1, 0.15) is 0 Å². The topological polar surface area (TPSA) is 40.2 Å². The first-order valence-corrected chi connectivity index (χ1v) is 4.30. The highest BCUT2D eigenvalue weighted by molar-refractivity contribution is 5.80. The summed E-state index contributed by atoms with van der Waals surface area (Å²) < 4.78 is 0. The fourth-order valence-corrected chi connectivity index (χ4v) is 1.69. The van der Waals surface area contributed by atoms with Crippen LogP contribution in [0, 0.1) is 0 Å². The smallest absolute Gasteiger partial charge is 0.136 e. The van der Waals surface area contributed by atoms with Crippen LogP contribution in [0.2, 0.25) is 0 Å². The van der Waals surface area contributed by atoms with Crippen molar-refractivity contribution >= 4 is 17.1 Å². The van der Waals surface area contributed by atoms with Gasteiger partial charge in [0, 0.05) is 22.3 Å². The summed E-state index contributed by atoms with van der Waals surface area (Å²) in [5.74, 6) is 0. The Morgan fingerprint density at radius 2 is 2.15 bits per heavy atom. The highest BCUT2D eigenvalue weighted by Gasteiger charge is 2.01. The van der Waals surface area contributed by atoms with E-state index in [0.717, 1.165) is 11.0 Å². The molecule has 0 saturated carbocycles. The van der Waals surface area contributed by atoms with Crippen molar-refractivity contribution in [1.82, 2.24) is 10.3 Å². The lowest BCUT2D eigenvalue weighted by atomic mass is 10.2. The van der Waals surface area contributed by atoms with E-state index >= 15 is 0 Å². The van der Waals surface area contributed by atoms with Crippen LogP contribution in [0.15, 0.2) is 29.3 Å². The minimum atomic E-state index is 0.666. The minimum absolute atomic E-state index is 0.666. The van der Waals surface area contributed by atoms with Crippen molar-refractivity contribution in [3.8, 4) is 0 Å². The fraction of sp³-hybridized carbons (Fsp3) is 0.100. The highest BCUT2D eigenvalue weighted by atomic mass is 15.0. The van der Waals surface area contributed by atoms with E-state index in [1.165, 1.54) is 10.6 Å². The fourth-order valence-electron chi connectivity index (χ4n) is 1.69. The first-order valence-electron chi connectivity index (χ1n) is 4.30. The molecule has 3 rings (SSSR count). The number of hydrogen-bond donors (Lipinski definition) is 2. The lowest BCUT2D eigenvalue weighted by Gasteiger charge is -1.96. The van der Waals surface area contributed by atoms with Gasteiger partial charge in [0.1, 0.15) is 12.2 Å². The highest BCUT2D eigenvalue weighted by Crippen LogP contribution is 2.03. The molecular weight excluding hydrogens is 162 g/mol. The Balaban J connectivity index is 2.63. The van der Waals surface area contributed by atoms with Crippen LogP contribution < -0.4 is 16.0 Å². The predicted molar refractivity (Wildman–Crippen MR) is 51.5 cm³/mol. The van der Waals surface area contributed by atoms with Gasteiger partial charge >= 0.3 is 0 Å². The molecule has 2 N–H and O–H groups in total. The molecule has 0 radical (unpaired) electrons. The molecule has 3 heteroatoms. The molecule has 0 saturated heterocycles. The van der Waals surface area contributed by atoms with Gasteiger partial charge in [0.05, 0.1) is 0 Å². The molecule has 0 amide bonds. The summed E-state index contributed by atoms with van der Waals surface area (Å²) in [6.45, 7) is 0.666. The van der Waals surface area contributed by atoms with E-state index in [4.69, 9.17) is 0 Å². The van der Waals surface area contributed by atoms with E-state index in [0.29, 0.717) is 6.67 Å². The first-order chi connectivity index (χ1) is 6.45. The molecule has 0 unspecified atom stereocenters. The molecule has 13 heavy (non-hydrogen) atoms. The van der Waals surface area contributed by atoms with Gasteiger partial charge in [0.15, 0.2) is 0 Å². The second-order valence-corrected chi connectivity index (χ2v) is 3.10. The number of hydrogen-bond acceptors (Lipinski definition) is 2. The second-order valence-electron chi connectivity index (χ2n) is 3.10. The average molecular weight is 171 g/mol. The summed E-state index contributed by atoms with van der Waals surface area (Å²) in [5.41, 5.74) is 2.14. The van der Waals surface area contributed by atoms with Gasteiger partial charge in [0.25, 0.3) is 0 Å². The number of H-pyrrole nitrogens is 1. The average Bonchev–Trinajstić information content (AvgIpc) is 2.56.